The average molecular weight is 556 g/mol. The first-order chi connectivity index (χ1) is 18.9. The van der Waals surface area contributed by atoms with Gasteiger partial charge in [-0.3, -0.25) is 14.2 Å². The minimum absolute atomic E-state index is 0.184. The van der Waals surface area contributed by atoms with Gasteiger partial charge in [-0.1, -0.05) is 84.7 Å². The molecule has 39 heavy (non-hydrogen) atoms. The van der Waals surface area contributed by atoms with Gasteiger partial charge in [0.05, 0.1) is 33.2 Å². The summed E-state index contributed by atoms with van der Waals surface area (Å²) in [6.07, 6.45) is 0.514. The van der Waals surface area contributed by atoms with Gasteiger partial charge in [-0.15, -0.1) is 0 Å². The van der Waals surface area contributed by atoms with Crippen molar-refractivity contribution in [1.82, 2.24) is 14.5 Å². The number of fused-ring (bicyclic) bond motifs is 1. The van der Waals surface area contributed by atoms with E-state index >= 15 is 0 Å². The molecule has 196 valence electrons. The molecule has 1 atom stereocenters. The highest BCUT2D eigenvalue weighted by atomic mass is 35.5. The maximum Gasteiger partial charge on any atom is 0.266 e. The van der Waals surface area contributed by atoms with Gasteiger partial charge in [0.15, 0.2) is 0 Å². The molecule has 1 amide bonds. The fourth-order valence-corrected chi connectivity index (χ4v) is 5.34. The normalized spacial score (nSPS) is 11.9. The second-order valence-electron chi connectivity index (χ2n) is 9.43. The number of aromatic nitrogens is 2. The Kier molecular flexibility index (Phi) is 7.82. The molecule has 1 unspecified atom stereocenters. The Balaban J connectivity index is 1.75. The van der Waals surface area contributed by atoms with E-state index < -0.39 is 6.04 Å². The van der Waals surface area contributed by atoms with Crippen LogP contribution in [0.4, 0.5) is 0 Å². The number of carbonyl (C=O) groups is 1. The van der Waals surface area contributed by atoms with Crippen molar-refractivity contribution in [2.24, 2.45) is 0 Å². The van der Waals surface area contributed by atoms with Gasteiger partial charge in [0.25, 0.3) is 11.5 Å². The van der Waals surface area contributed by atoms with Gasteiger partial charge in [-0.05, 0) is 66.9 Å². The van der Waals surface area contributed by atoms with E-state index in [4.69, 9.17) is 28.2 Å². The van der Waals surface area contributed by atoms with E-state index in [0.717, 1.165) is 11.1 Å². The number of amides is 1. The van der Waals surface area contributed by atoms with Crippen LogP contribution in [0.2, 0.25) is 10.0 Å². The van der Waals surface area contributed by atoms with E-state index in [1.807, 2.05) is 86.6 Å². The quantitative estimate of drug-likeness (QED) is 0.206. The van der Waals surface area contributed by atoms with Crippen LogP contribution < -0.4 is 5.56 Å². The van der Waals surface area contributed by atoms with Crippen LogP contribution in [0, 0.1) is 6.92 Å². The molecule has 0 N–H and O–H groups in total. The molecule has 7 heteroatoms. The van der Waals surface area contributed by atoms with Crippen molar-refractivity contribution in [2.45, 2.75) is 32.9 Å². The van der Waals surface area contributed by atoms with Crippen LogP contribution in [-0.4, -0.2) is 20.4 Å². The lowest BCUT2D eigenvalue weighted by Crippen LogP contribution is -2.38. The van der Waals surface area contributed by atoms with Gasteiger partial charge in [-0.25, -0.2) is 4.98 Å². The summed E-state index contributed by atoms with van der Waals surface area (Å²) in [7, 11) is 0. The van der Waals surface area contributed by atoms with Crippen LogP contribution in [0.5, 0.6) is 0 Å². The smallest absolute Gasteiger partial charge is 0.266 e. The van der Waals surface area contributed by atoms with Crippen LogP contribution in [0.25, 0.3) is 16.6 Å². The molecular weight excluding hydrogens is 529 g/mol. The Labute approximate surface area is 237 Å². The third-order valence-corrected chi connectivity index (χ3v) is 7.29. The maximum atomic E-state index is 14.2. The van der Waals surface area contributed by atoms with Crippen molar-refractivity contribution in [3.8, 4) is 5.69 Å². The largest absolute Gasteiger partial charge is 0.324 e. The Morgan fingerprint density at radius 1 is 0.923 bits per heavy atom. The number of halogens is 2. The standard InChI is InChI=1S/C32H27Cl2N3O2/c1-3-29(36(20-22-11-5-4-6-12-22)31(38)25-17-16-23(33)19-27(25)34)30-35-28-15-8-7-14-26(28)32(39)37(30)24-13-9-10-21(2)18-24/h4-19,29H,3,20H2,1-2H3. The van der Waals surface area contributed by atoms with Crippen molar-refractivity contribution >= 4 is 40.0 Å². The highest BCUT2D eigenvalue weighted by molar-refractivity contribution is 6.36. The number of hydrogen-bond acceptors (Lipinski definition) is 3. The van der Waals surface area contributed by atoms with Crippen molar-refractivity contribution in [3.05, 3.63) is 140 Å². The van der Waals surface area contributed by atoms with Gasteiger partial charge in [0, 0.05) is 11.6 Å². The fourth-order valence-electron chi connectivity index (χ4n) is 4.85. The number of rotatable bonds is 7. The van der Waals surface area contributed by atoms with Crippen molar-refractivity contribution in [2.75, 3.05) is 0 Å². The molecule has 0 fully saturated rings. The highest BCUT2D eigenvalue weighted by Crippen LogP contribution is 2.31. The predicted octanol–water partition coefficient (Wildman–Crippen LogP) is 7.79. The zero-order valence-corrected chi connectivity index (χ0v) is 23.2. The summed E-state index contributed by atoms with van der Waals surface area (Å²) in [6.45, 7) is 4.27. The fraction of sp³-hybridized carbons (Fsp3) is 0.156. The number of nitrogens with zero attached hydrogens (tertiary/aromatic N) is 3. The van der Waals surface area contributed by atoms with Gasteiger partial charge < -0.3 is 4.90 Å². The van der Waals surface area contributed by atoms with Gasteiger partial charge in [0.1, 0.15) is 5.82 Å². The zero-order chi connectivity index (χ0) is 27.5. The van der Waals surface area contributed by atoms with Crippen molar-refractivity contribution < 1.29 is 4.79 Å². The van der Waals surface area contributed by atoms with Crippen LogP contribution in [0.15, 0.2) is 102 Å². The third kappa shape index (κ3) is 5.47. The van der Waals surface area contributed by atoms with Crippen LogP contribution in [0.3, 0.4) is 0 Å². The van der Waals surface area contributed by atoms with E-state index in [1.165, 1.54) is 0 Å². The minimum atomic E-state index is -0.540. The molecule has 0 bridgehead atoms. The Morgan fingerprint density at radius 2 is 1.67 bits per heavy atom. The van der Waals surface area contributed by atoms with Gasteiger partial charge >= 0.3 is 0 Å². The van der Waals surface area contributed by atoms with E-state index in [9.17, 15) is 9.59 Å². The van der Waals surface area contributed by atoms with Gasteiger partial charge in [-0.2, -0.15) is 0 Å². The molecule has 0 aliphatic rings. The van der Waals surface area contributed by atoms with Crippen LogP contribution >= 0.6 is 23.2 Å². The molecule has 1 heterocycles. The van der Waals surface area contributed by atoms with Crippen molar-refractivity contribution in [3.63, 3.8) is 0 Å². The first-order valence-corrected chi connectivity index (χ1v) is 13.5. The first-order valence-electron chi connectivity index (χ1n) is 12.8. The number of benzene rings is 4. The second kappa shape index (κ2) is 11.4. The molecule has 0 aliphatic carbocycles. The topological polar surface area (TPSA) is 55.2 Å². The number of aryl methyl sites for hydroxylation is 1. The molecule has 0 saturated carbocycles. The number of carbonyl (C=O) groups excluding carboxylic acids is 1. The predicted molar refractivity (Wildman–Crippen MR) is 158 cm³/mol. The van der Waals surface area contributed by atoms with E-state index in [0.29, 0.717) is 46.0 Å². The Hall–Kier alpha value is -3.93. The van der Waals surface area contributed by atoms with E-state index in [-0.39, 0.29) is 16.5 Å². The molecule has 0 aliphatic heterocycles. The lowest BCUT2D eigenvalue weighted by molar-refractivity contribution is 0.0641. The molecule has 1 aromatic heterocycles. The summed E-state index contributed by atoms with van der Waals surface area (Å²) in [6, 6.07) is 29.1. The zero-order valence-electron chi connectivity index (χ0n) is 21.6. The second-order valence-corrected chi connectivity index (χ2v) is 10.3. The molecule has 5 aromatic rings. The number of hydrogen-bond donors (Lipinski definition) is 0. The molecule has 5 rings (SSSR count). The summed E-state index contributed by atoms with van der Waals surface area (Å²) < 4.78 is 1.64. The highest BCUT2D eigenvalue weighted by Gasteiger charge is 2.31. The Bertz CT molecular complexity index is 1720. The molecule has 0 saturated heterocycles. The van der Waals surface area contributed by atoms with Crippen molar-refractivity contribution in [1.29, 1.82) is 0 Å². The molecule has 0 spiro atoms. The molecule has 4 aromatic carbocycles. The van der Waals surface area contributed by atoms with Crippen LogP contribution in [-0.2, 0) is 6.54 Å². The minimum Gasteiger partial charge on any atom is -0.324 e. The summed E-state index contributed by atoms with van der Waals surface area (Å²) in [5.41, 5.74) is 3.38. The lowest BCUT2D eigenvalue weighted by Gasteiger charge is -2.33. The molecular formula is C32H27Cl2N3O2. The van der Waals surface area contributed by atoms with E-state index in [2.05, 4.69) is 0 Å². The third-order valence-electron chi connectivity index (χ3n) is 6.74. The summed E-state index contributed by atoms with van der Waals surface area (Å²) >= 11 is 12.6. The van der Waals surface area contributed by atoms with E-state index in [1.54, 1.807) is 33.7 Å². The van der Waals surface area contributed by atoms with Crippen LogP contribution in [0.1, 0.15) is 46.7 Å². The maximum absolute atomic E-state index is 14.2. The molecule has 0 radical (unpaired) electrons. The Morgan fingerprint density at radius 3 is 2.38 bits per heavy atom. The lowest BCUT2D eigenvalue weighted by atomic mass is 10.1. The summed E-state index contributed by atoms with van der Waals surface area (Å²) in [5.74, 6) is 0.215. The first kappa shape index (κ1) is 26.7. The summed E-state index contributed by atoms with van der Waals surface area (Å²) in [4.78, 5) is 34.9. The summed E-state index contributed by atoms with van der Waals surface area (Å²) in [5, 5.41) is 1.23. The number of para-hydroxylation sites is 1. The van der Waals surface area contributed by atoms with Gasteiger partial charge in [0.2, 0.25) is 0 Å². The molecule has 5 nitrogen and oxygen atoms in total. The monoisotopic (exact) mass is 555 g/mol. The average Bonchev–Trinajstić information content (AvgIpc) is 2.93. The SMILES string of the molecule is CCC(c1nc2ccccc2c(=O)n1-c1cccc(C)c1)N(Cc1ccccc1)C(=O)c1ccc(Cl)cc1Cl.